The number of rotatable bonds is 2. The molecule has 0 atom stereocenters. The third kappa shape index (κ3) is 1.74. The van der Waals surface area contributed by atoms with Gasteiger partial charge in [-0.2, -0.15) is 5.21 Å². The minimum Gasteiger partial charge on any atom is -0.312 e. The Morgan fingerprint density at radius 3 is 3.25 bits per heavy atom. The zero-order valence-electron chi connectivity index (χ0n) is 10.5. The van der Waals surface area contributed by atoms with Crippen molar-refractivity contribution in [1.82, 2.24) is 35.5 Å². The van der Waals surface area contributed by atoms with Crippen LogP contribution < -0.4 is 10.9 Å². The van der Waals surface area contributed by atoms with Crippen molar-refractivity contribution >= 4 is 21.6 Å². The molecular weight excluding hydrogens is 278 g/mol. The fourth-order valence-corrected chi connectivity index (χ4v) is 3.61. The van der Waals surface area contributed by atoms with Crippen molar-refractivity contribution in [2.75, 3.05) is 6.54 Å². The second-order valence-corrected chi connectivity index (χ2v) is 5.70. The first kappa shape index (κ1) is 11.7. The van der Waals surface area contributed by atoms with E-state index in [-0.39, 0.29) is 12.1 Å². The van der Waals surface area contributed by atoms with Crippen LogP contribution in [-0.2, 0) is 19.5 Å². The third-order valence-electron chi connectivity index (χ3n) is 3.40. The van der Waals surface area contributed by atoms with Crippen LogP contribution in [0.3, 0.4) is 0 Å². The Hall–Kier alpha value is -2.13. The van der Waals surface area contributed by atoms with Crippen LogP contribution in [0.5, 0.6) is 0 Å². The topological polar surface area (TPSA) is 101 Å². The number of tetrazole rings is 1. The molecule has 4 heterocycles. The molecule has 1 aliphatic rings. The van der Waals surface area contributed by atoms with E-state index < -0.39 is 0 Å². The van der Waals surface area contributed by atoms with E-state index in [0.717, 1.165) is 35.3 Å². The lowest BCUT2D eigenvalue weighted by Crippen LogP contribution is -2.25. The molecule has 2 N–H and O–H groups in total. The molecule has 20 heavy (non-hydrogen) atoms. The first-order chi connectivity index (χ1) is 9.83. The summed E-state index contributed by atoms with van der Waals surface area (Å²) < 4.78 is 1.53. The number of aromatic nitrogens is 6. The monoisotopic (exact) mass is 289 g/mol. The molecule has 0 saturated carbocycles. The molecule has 0 unspecified atom stereocenters. The molecule has 0 spiro atoms. The van der Waals surface area contributed by atoms with Gasteiger partial charge in [0.15, 0.2) is 5.82 Å². The Labute approximate surface area is 116 Å². The maximum absolute atomic E-state index is 12.6. The lowest BCUT2D eigenvalue weighted by atomic mass is 10.1. The molecule has 102 valence electrons. The summed E-state index contributed by atoms with van der Waals surface area (Å²) in [4.78, 5) is 19.0. The summed E-state index contributed by atoms with van der Waals surface area (Å²) in [7, 11) is 0. The lowest BCUT2D eigenvalue weighted by Gasteiger charge is -2.12. The van der Waals surface area contributed by atoms with Gasteiger partial charge in [0, 0.05) is 11.4 Å². The van der Waals surface area contributed by atoms with Gasteiger partial charge in [0.05, 0.1) is 18.3 Å². The van der Waals surface area contributed by atoms with Crippen LogP contribution in [0.4, 0.5) is 0 Å². The lowest BCUT2D eigenvalue weighted by molar-refractivity contribution is 0.655. The van der Waals surface area contributed by atoms with Crippen LogP contribution in [0.2, 0.25) is 0 Å². The maximum atomic E-state index is 12.6. The zero-order valence-corrected chi connectivity index (χ0v) is 11.3. The van der Waals surface area contributed by atoms with E-state index in [1.54, 1.807) is 17.7 Å². The number of aromatic amines is 1. The number of thiophene rings is 1. The number of nitrogens with zero attached hydrogens (tertiary/aromatic N) is 5. The predicted molar refractivity (Wildman–Crippen MR) is 72.6 cm³/mol. The van der Waals surface area contributed by atoms with Crippen LogP contribution in [0.25, 0.3) is 10.2 Å². The molecule has 3 aromatic rings. The summed E-state index contributed by atoms with van der Waals surface area (Å²) in [5.74, 6) is 0.471. The van der Waals surface area contributed by atoms with Gasteiger partial charge < -0.3 is 5.32 Å². The summed E-state index contributed by atoms with van der Waals surface area (Å²) in [6.07, 6.45) is 2.43. The average molecular weight is 289 g/mol. The molecule has 0 fully saturated rings. The number of nitrogens with one attached hydrogen (secondary N) is 2. The van der Waals surface area contributed by atoms with Crippen molar-refractivity contribution in [2.45, 2.75) is 19.5 Å². The molecule has 0 amide bonds. The van der Waals surface area contributed by atoms with Gasteiger partial charge in [0.1, 0.15) is 4.83 Å². The quantitative estimate of drug-likeness (QED) is 0.669. The van der Waals surface area contributed by atoms with E-state index >= 15 is 0 Å². The molecule has 0 aromatic carbocycles. The average Bonchev–Trinajstić information content (AvgIpc) is 3.09. The van der Waals surface area contributed by atoms with Crippen molar-refractivity contribution in [2.24, 2.45) is 0 Å². The van der Waals surface area contributed by atoms with E-state index in [4.69, 9.17) is 0 Å². The van der Waals surface area contributed by atoms with Gasteiger partial charge in [0.2, 0.25) is 0 Å². The number of hydrogen-bond acceptors (Lipinski definition) is 7. The number of H-pyrrole nitrogens is 1. The second kappa shape index (κ2) is 4.46. The Kier molecular flexibility index (Phi) is 2.60. The normalized spacial score (nSPS) is 14.6. The molecule has 1 aliphatic heterocycles. The van der Waals surface area contributed by atoms with Crippen LogP contribution in [0, 0.1) is 0 Å². The van der Waals surface area contributed by atoms with E-state index in [0.29, 0.717) is 5.82 Å². The van der Waals surface area contributed by atoms with Crippen molar-refractivity contribution in [3.63, 3.8) is 0 Å². The second-order valence-electron chi connectivity index (χ2n) is 4.62. The summed E-state index contributed by atoms with van der Waals surface area (Å²) >= 11 is 1.59. The number of fused-ring (bicyclic) bond motifs is 3. The minimum absolute atomic E-state index is 0.0285. The minimum atomic E-state index is -0.0285. The molecular formula is C11H11N7OS. The first-order valence-corrected chi connectivity index (χ1v) is 7.07. The summed E-state index contributed by atoms with van der Waals surface area (Å²) in [6, 6.07) is 0. The Morgan fingerprint density at radius 2 is 2.40 bits per heavy atom. The van der Waals surface area contributed by atoms with Gasteiger partial charge in [-0.1, -0.05) is 5.21 Å². The van der Waals surface area contributed by atoms with Crippen LogP contribution >= 0.6 is 11.3 Å². The van der Waals surface area contributed by atoms with Crippen molar-refractivity contribution < 1.29 is 0 Å². The molecule has 0 radical (unpaired) electrons. The molecule has 3 aromatic heterocycles. The largest absolute Gasteiger partial charge is 0.312 e. The Morgan fingerprint density at radius 1 is 1.45 bits per heavy atom. The van der Waals surface area contributed by atoms with Gasteiger partial charge in [0.25, 0.3) is 5.56 Å². The summed E-state index contributed by atoms with van der Waals surface area (Å²) in [5.41, 5.74) is 1.11. The fourth-order valence-electron chi connectivity index (χ4n) is 2.46. The number of hydrogen-bond donors (Lipinski definition) is 2. The fraction of sp³-hybridized carbons (Fsp3) is 0.364. The molecule has 0 aliphatic carbocycles. The Bertz CT molecular complexity index is 819. The highest BCUT2D eigenvalue weighted by atomic mass is 32.1. The maximum Gasteiger partial charge on any atom is 0.262 e. The van der Waals surface area contributed by atoms with Gasteiger partial charge in [-0.3, -0.25) is 9.36 Å². The highest BCUT2D eigenvalue weighted by Gasteiger charge is 2.19. The molecule has 0 saturated heterocycles. The van der Waals surface area contributed by atoms with Gasteiger partial charge in [-0.15, -0.1) is 21.5 Å². The van der Waals surface area contributed by atoms with Crippen molar-refractivity contribution in [3.05, 3.63) is 32.9 Å². The zero-order chi connectivity index (χ0) is 13.5. The summed E-state index contributed by atoms with van der Waals surface area (Å²) in [5, 5.41) is 17.7. The van der Waals surface area contributed by atoms with Crippen LogP contribution in [0.15, 0.2) is 11.1 Å². The van der Waals surface area contributed by atoms with E-state index in [9.17, 15) is 4.79 Å². The predicted octanol–water partition coefficient (Wildman–Crippen LogP) is -0.335. The molecule has 9 heteroatoms. The highest BCUT2D eigenvalue weighted by molar-refractivity contribution is 7.18. The van der Waals surface area contributed by atoms with E-state index in [2.05, 4.69) is 30.9 Å². The molecule has 0 bridgehead atoms. The van der Waals surface area contributed by atoms with Gasteiger partial charge >= 0.3 is 0 Å². The van der Waals surface area contributed by atoms with E-state index in [1.165, 1.54) is 9.44 Å². The van der Waals surface area contributed by atoms with Crippen LogP contribution in [-0.4, -0.2) is 36.7 Å². The summed E-state index contributed by atoms with van der Waals surface area (Å²) in [6.45, 7) is 2.00. The van der Waals surface area contributed by atoms with Gasteiger partial charge in [-0.25, -0.2) is 4.98 Å². The van der Waals surface area contributed by atoms with Crippen LogP contribution in [0.1, 0.15) is 16.3 Å². The first-order valence-electron chi connectivity index (χ1n) is 6.25. The standard InChI is InChI=1S/C11H11N7OS/c19-11-9-6-1-2-12-3-7(6)20-10(9)13-5-18(11)4-8-14-16-17-15-8/h5,12H,1-4H2,(H,14,15,16,17). The SMILES string of the molecule is O=c1c2c3c(sc2ncn1Cc1nn[nH]n1)CNCC3. The van der Waals surface area contributed by atoms with Gasteiger partial charge in [-0.05, 0) is 18.5 Å². The molecule has 4 rings (SSSR count). The smallest absolute Gasteiger partial charge is 0.262 e. The van der Waals surface area contributed by atoms with E-state index in [1.807, 2.05) is 0 Å². The molecule has 8 nitrogen and oxygen atoms in total. The van der Waals surface area contributed by atoms with Crippen molar-refractivity contribution in [3.8, 4) is 0 Å². The Balaban J connectivity index is 1.87. The van der Waals surface area contributed by atoms with Crippen molar-refractivity contribution in [1.29, 1.82) is 0 Å². The third-order valence-corrected chi connectivity index (χ3v) is 4.54. The highest BCUT2D eigenvalue weighted by Crippen LogP contribution is 2.29.